The Balaban J connectivity index is 1.69. The summed E-state index contributed by atoms with van der Waals surface area (Å²) in [7, 11) is 0. The number of para-hydroxylation sites is 2. The average Bonchev–Trinajstić information content (AvgIpc) is 3.38. The van der Waals surface area contributed by atoms with Gasteiger partial charge in [0, 0.05) is 10.4 Å². The van der Waals surface area contributed by atoms with Crippen LogP contribution < -0.4 is 15.8 Å². The van der Waals surface area contributed by atoms with Gasteiger partial charge in [0.1, 0.15) is 12.4 Å². The number of carbonyl (C=O) groups is 2. The van der Waals surface area contributed by atoms with Crippen LogP contribution in [0.15, 0.2) is 90.3 Å². The van der Waals surface area contributed by atoms with Crippen LogP contribution >= 0.6 is 11.3 Å². The largest absolute Gasteiger partial charge is 0.487 e. The van der Waals surface area contributed by atoms with Gasteiger partial charge in [0.05, 0.1) is 17.2 Å². The molecule has 0 aliphatic carbocycles. The second kappa shape index (κ2) is 10.7. The first-order valence-electron chi connectivity index (χ1n) is 10.8. The molecule has 9 heteroatoms. The van der Waals surface area contributed by atoms with Gasteiger partial charge >= 0.3 is 6.18 Å². The quantitative estimate of drug-likeness (QED) is 0.296. The highest BCUT2D eigenvalue weighted by Gasteiger charge is 2.38. The van der Waals surface area contributed by atoms with E-state index in [9.17, 15) is 22.8 Å². The first-order valence-corrected chi connectivity index (χ1v) is 11.7. The number of primary amides is 1. The van der Waals surface area contributed by atoms with E-state index >= 15 is 0 Å². The standard InChI is InChI=1S/C27H21F3N2O3S/c28-27(29,30)20-15-18(25(31)33)12-13-19(20)24(23-11-6-14-36-23)26(34)32-21-9-4-5-10-22(21)35-16-17-7-2-1-3-8-17/h1-15,24H,16H2,(H2,31,33)(H,32,34). The molecular weight excluding hydrogens is 489 g/mol. The molecule has 0 aliphatic heterocycles. The van der Waals surface area contributed by atoms with Gasteiger partial charge < -0.3 is 15.8 Å². The lowest BCUT2D eigenvalue weighted by Gasteiger charge is -2.22. The number of rotatable bonds is 8. The van der Waals surface area contributed by atoms with Crippen molar-refractivity contribution in [3.63, 3.8) is 0 Å². The Labute approximate surface area is 209 Å². The Morgan fingerprint density at radius 1 is 0.944 bits per heavy atom. The molecule has 3 N–H and O–H groups in total. The lowest BCUT2D eigenvalue weighted by atomic mass is 9.90. The Morgan fingerprint density at radius 3 is 2.33 bits per heavy atom. The van der Waals surface area contributed by atoms with E-state index in [-0.39, 0.29) is 17.7 Å². The summed E-state index contributed by atoms with van der Waals surface area (Å²) in [6.45, 7) is 0.245. The molecular formula is C27H21F3N2O3S. The van der Waals surface area contributed by atoms with Crippen LogP contribution in [0.25, 0.3) is 0 Å². The van der Waals surface area contributed by atoms with Gasteiger partial charge in [-0.25, -0.2) is 0 Å². The van der Waals surface area contributed by atoms with E-state index in [4.69, 9.17) is 10.5 Å². The second-order valence-electron chi connectivity index (χ2n) is 7.87. The van der Waals surface area contributed by atoms with Crippen molar-refractivity contribution in [3.05, 3.63) is 117 Å². The summed E-state index contributed by atoms with van der Waals surface area (Å²) in [6.07, 6.45) is -4.81. The summed E-state index contributed by atoms with van der Waals surface area (Å²) in [6, 6.07) is 22.4. The van der Waals surface area contributed by atoms with Gasteiger partial charge in [-0.15, -0.1) is 11.3 Å². The van der Waals surface area contributed by atoms with Crippen molar-refractivity contribution in [2.45, 2.75) is 18.7 Å². The highest BCUT2D eigenvalue weighted by Crippen LogP contribution is 2.40. The minimum absolute atomic E-state index is 0.245. The van der Waals surface area contributed by atoms with E-state index in [2.05, 4.69) is 5.32 Å². The summed E-state index contributed by atoms with van der Waals surface area (Å²) in [4.78, 5) is 25.5. The van der Waals surface area contributed by atoms with Gasteiger partial charge in [-0.3, -0.25) is 9.59 Å². The number of nitrogens with one attached hydrogen (secondary N) is 1. The van der Waals surface area contributed by atoms with Gasteiger partial charge in [-0.1, -0.05) is 54.6 Å². The maximum Gasteiger partial charge on any atom is 0.416 e. The van der Waals surface area contributed by atoms with E-state index in [1.807, 2.05) is 30.3 Å². The molecule has 1 heterocycles. The smallest absolute Gasteiger partial charge is 0.416 e. The van der Waals surface area contributed by atoms with Gasteiger partial charge in [0.15, 0.2) is 0 Å². The number of halogens is 3. The van der Waals surface area contributed by atoms with Crippen molar-refractivity contribution >= 4 is 28.8 Å². The number of alkyl halides is 3. The monoisotopic (exact) mass is 510 g/mol. The van der Waals surface area contributed by atoms with Crippen LogP contribution in [0, 0.1) is 0 Å². The summed E-state index contributed by atoms with van der Waals surface area (Å²) < 4.78 is 47.9. The van der Waals surface area contributed by atoms with Crippen LogP contribution in [0.4, 0.5) is 18.9 Å². The molecule has 0 aliphatic rings. The zero-order valence-corrected chi connectivity index (χ0v) is 19.6. The second-order valence-corrected chi connectivity index (χ2v) is 8.85. The van der Waals surface area contributed by atoms with Crippen LogP contribution in [0.5, 0.6) is 5.75 Å². The molecule has 36 heavy (non-hydrogen) atoms. The molecule has 5 nitrogen and oxygen atoms in total. The molecule has 0 saturated heterocycles. The summed E-state index contributed by atoms with van der Waals surface area (Å²) >= 11 is 1.16. The SMILES string of the molecule is NC(=O)c1ccc(C(C(=O)Nc2ccccc2OCc2ccccc2)c2cccs2)c(C(F)(F)F)c1. The molecule has 0 saturated carbocycles. The Morgan fingerprint density at radius 2 is 1.67 bits per heavy atom. The van der Waals surface area contributed by atoms with Crippen LogP contribution in [-0.4, -0.2) is 11.8 Å². The molecule has 1 unspecified atom stereocenters. The number of ether oxygens (including phenoxy) is 1. The summed E-state index contributed by atoms with van der Waals surface area (Å²) in [5.41, 5.74) is 4.76. The number of hydrogen-bond acceptors (Lipinski definition) is 4. The molecule has 1 aromatic heterocycles. The third-order valence-corrected chi connectivity index (χ3v) is 6.36. The molecule has 4 rings (SSSR count). The number of thiophene rings is 1. The van der Waals surface area contributed by atoms with E-state index < -0.39 is 29.5 Å². The molecule has 0 spiro atoms. The fourth-order valence-electron chi connectivity index (χ4n) is 3.72. The van der Waals surface area contributed by atoms with Crippen LogP contribution in [0.1, 0.15) is 37.8 Å². The number of benzene rings is 3. The first-order chi connectivity index (χ1) is 17.2. The Kier molecular flexibility index (Phi) is 7.40. The van der Waals surface area contributed by atoms with Gasteiger partial charge in [-0.2, -0.15) is 13.2 Å². The third-order valence-electron chi connectivity index (χ3n) is 5.43. The van der Waals surface area contributed by atoms with Crippen molar-refractivity contribution in [1.82, 2.24) is 0 Å². The molecule has 0 bridgehead atoms. The third kappa shape index (κ3) is 5.75. The number of hydrogen-bond donors (Lipinski definition) is 2. The normalized spacial score (nSPS) is 12.1. The molecule has 2 amide bonds. The minimum atomic E-state index is -4.81. The first kappa shape index (κ1) is 25.0. The van der Waals surface area contributed by atoms with Crippen LogP contribution in [0.3, 0.4) is 0 Å². The zero-order valence-electron chi connectivity index (χ0n) is 18.8. The average molecular weight is 511 g/mol. The number of amides is 2. The molecule has 1 atom stereocenters. The predicted molar refractivity (Wildman–Crippen MR) is 132 cm³/mol. The summed E-state index contributed by atoms with van der Waals surface area (Å²) in [5, 5.41) is 4.41. The number of nitrogens with two attached hydrogens (primary N) is 1. The van der Waals surface area contributed by atoms with Crippen molar-refractivity contribution in [2.75, 3.05) is 5.32 Å². The molecule has 4 aromatic rings. The molecule has 184 valence electrons. The van der Waals surface area contributed by atoms with Crippen molar-refractivity contribution in [2.24, 2.45) is 5.73 Å². The van der Waals surface area contributed by atoms with Gasteiger partial charge in [-0.05, 0) is 46.8 Å². The van der Waals surface area contributed by atoms with Crippen molar-refractivity contribution in [1.29, 1.82) is 0 Å². The topological polar surface area (TPSA) is 81.4 Å². The Bertz CT molecular complexity index is 1360. The van der Waals surface area contributed by atoms with Gasteiger partial charge in [0.25, 0.3) is 0 Å². The van der Waals surface area contributed by atoms with Gasteiger partial charge in [0.2, 0.25) is 11.8 Å². The Hall–Kier alpha value is -4.11. The fraction of sp³-hybridized carbons (Fsp3) is 0.111. The number of carbonyl (C=O) groups excluding carboxylic acids is 2. The van der Waals surface area contributed by atoms with Crippen molar-refractivity contribution in [3.8, 4) is 5.75 Å². The zero-order chi connectivity index (χ0) is 25.7. The minimum Gasteiger partial charge on any atom is -0.487 e. The maximum atomic E-state index is 14.0. The van der Waals surface area contributed by atoms with Crippen LogP contribution in [-0.2, 0) is 17.6 Å². The fourth-order valence-corrected chi connectivity index (χ4v) is 4.56. The number of anilines is 1. The predicted octanol–water partition coefficient (Wildman–Crippen LogP) is 6.22. The lowest BCUT2D eigenvalue weighted by Crippen LogP contribution is -2.25. The highest BCUT2D eigenvalue weighted by molar-refractivity contribution is 7.10. The van der Waals surface area contributed by atoms with E-state index in [1.165, 1.54) is 6.07 Å². The van der Waals surface area contributed by atoms with E-state index in [0.717, 1.165) is 23.0 Å². The molecule has 0 radical (unpaired) electrons. The van der Waals surface area contributed by atoms with Crippen molar-refractivity contribution < 1.29 is 27.5 Å². The van der Waals surface area contributed by atoms with Crippen LogP contribution in [0.2, 0.25) is 0 Å². The summed E-state index contributed by atoms with van der Waals surface area (Å²) in [5.74, 6) is -2.58. The lowest BCUT2D eigenvalue weighted by molar-refractivity contribution is -0.138. The van der Waals surface area contributed by atoms with E-state index in [1.54, 1.807) is 41.8 Å². The van der Waals surface area contributed by atoms with E-state index in [0.29, 0.717) is 22.4 Å². The molecule has 3 aromatic carbocycles. The highest BCUT2D eigenvalue weighted by atomic mass is 32.1. The maximum absolute atomic E-state index is 14.0. The molecule has 0 fully saturated rings.